The number of hydrogen-bond acceptors (Lipinski definition) is 2. The highest BCUT2D eigenvalue weighted by atomic mass is 16.1. The number of rotatable bonds is 3. The van der Waals surface area contributed by atoms with Crippen molar-refractivity contribution in [1.82, 2.24) is 4.98 Å². The van der Waals surface area contributed by atoms with Gasteiger partial charge in [-0.1, -0.05) is 11.6 Å². The molecule has 3 heteroatoms. The number of H-pyrrole nitrogens is 1. The van der Waals surface area contributed by atoms with Gasteiger partial charge in [0.2, 0.25) is 0 Å². The summed E-state index contributed by atoms with van der Waals surface area (Å²) in [7, 11) is 3.97. The molecule has 0 aliphatic carbocycles. The first-order valence-electron chi connectivity index (χ1n) is 6.96. The molecule has 1 heterocycles. The van der Waals surface area contributed by atoms with Gasteiger partial charge in [-0.3, -0.25) is 4.79 Å². The maximum absolute atomic E-state index is 12.7. The van der Waals surface area contributed by atoms with Crippen LogP contribution in [0.15, 0.2) is 48.7 Å². The predicted molar refractivity (Wildman–Crippen MR) is 87.2 cm³/mol. The fraction of sp³-hybridized carbons (Fsp3) is 0.167. The summed E-state index contributed by atoms with van der Waals surface area (Å²) in [6, 6.07) is 13.8. The van der Waals surface area contributed by atoms with Crippen molar-refractivity contribution in [2.75, 3.05) is 19.0 Å². The Labute approximate surface area is 124 Å². The zero-order chi connectivity index (χ0) is 15.0. The lowest BCUT2D eigenvalue weighted by Gasteiger charge is -2.12. The molecule has 21 heavy (non-hydrogen) atoms. The average molecular weight is 278 g/mol. The van der Waals surface area contributed by atoms with E-state index in [0.717, 1.165) is 27.7 Å². The Balaban J connectivity index is 2.02. The normalized spacial score (nSPS) is 10.8. The van der Waals surface area contributed by atoms with E-state index in [0.29, 0.717) is 5.56 Å². The first-order valence-corrected chi connectivity index (χ1v) is 6.96. The largest absolute Gasteiger partial charge is 0.378 e. The van der Waals surface area contributed by atoms with E-state index in [-0.39, 0.29) is 5.78 Å². The van der Waals surface area contributed by atoms with Crippen LogP contribution in [0.4, 0.5) is 5.69 Å². The third kappa shape index (κ3) is 2.42. The van der Waals surface area contributed by atoms with Crippen molar-refractivity contribution in [3.05, 3.63) is 65.4 Å². The van der Waals surface area contributed by atoms with Gasteiger partial charge in [0.05, 0.1) is 0 Å². The molecule has 1 N–H and O–H groups in total. The molecule has 0 bridgehead atoms. The van der Waals surface area contributed by atoms with Crippen molar-refractivity contribution in [2.24, 2.45) is 0 Å². The molecule has 0 atom stereocenters. The summed E-state index contributed by atoms with van der Waals surface area (Å²) in [5, 5.41) is 0.983. The third-order valence-corrected chi connectivity index (χ3v) is 3.73. The summed E-state index contributed by atoms with van der Waals surface area (Å²) in [6.07, 6.45) is 1.80. The Bertz CT molecular complexity index is 798. The molecule has 0 saturated heterocycles. The van der Waals surface area contributed by atoms with Crippen LogP contribution in [-0.4, -0.2) is 24.9 Å². The number of benzene rings is 2. The summed E-state index contributed by atoms with van der Waals surface area (Å²) < 4.78 is 0. The van der Waals surface area contributed by atoms with E-state index >= 15 is 0 Å². The van der Waals surface area contributed by atoms with Crippen LogP contribution in [0.1, 0.15) is 21.5 Å². The standard InChI is InChI=1S/C18H18N2O/c1-12-4-9-17-15(10-12)16(11-19-17)18(21)13-5-7-14(8-6-13)20(2)3/h4-11,19H,1-3H3. The Morgan fingerprint density at radius 1 is 1.05 bits per heavy atom. The Hall–Kier alpha value is -2.55. The fourth-order valence-electron chi connectivity index (χ4n) is 2.49. The Morgan fingerprint density at radius 3 is 2.43 bits per heavy atom. The van der Waals surface area contributed by atoms with E-state index in [1.807, 2.05) is 68.4 Å². The van der Waals surface area contributed by atoms with Crippen LogP contribution in [0.25, 0.3) is 10.9 Å². The number of aromatic nitrogens is 1. The highest BCUT2D eigenvalue weighted by molar-refractivity contribution is 6.16. The van der Waals surface area contributed by atoms with Crippen molar-refractivity contribution in [3.63, 3.8) is 0 Å². The average Bonchev–Trinajstić information content (AvgIpc) is 2.89. The molecule has 2 aromatic carbocycles. The minimum atomic E-state index is 0.0529. The highest BCUT2D eigenvalue weighted by Crippen LogP contribution is 2.23. The zero-order valence-electron chi connectivity index (χ0n) is 12.5. The van der Waals surface area contributed by atoms with Gasteiger partial charge in [-0.05, 0) is 43.3 Å². The second kappa shape index (κ2) is 5.09. The first-order chi connectivity index (χ1) is 10.1. The van der Waals surface area contributed by atoms with Gasteiger partial charge in [0, 0.05) is 48.0 Å². The summed E-state index contributed by atoms with van der Waals surface area (Å²) >= 11 is 0. The molecule has 0 aliphatic rings. The van der Waals surface area contributed by atoms with Crippen molar-refractivity contribution >= 4 is 22.4 Å². The summed E-state index contributed by atoms with van der Waals surface area (Å²) in [4.78, 5) is 17.9. The van der Waals surface area contributed by atoms with Crippen LogP contribution in [0.2, 0.25) is 0 Å². The number of fused-ring (bicyclic) bond motifs is 1. The molecule has 106 valence electrons. The fourth-order valence-corrected chi connectivity index (χ4v) is 2.49. The van der Waals surface area contributed by atoms with Crippen LogP contribution in [0.5, 0.6) is 0 Å². The van der Waals surface area contributed by atoms with Crippen LogP contribution in [0, 0.1) is 6.92 Å². The predicted octanol–water partition coefficient (Wildman–Crippen LogP) is 3.77. The molecule has 1 aromatic heterocycles. The minimum absolute atomic E-state index is 0.0529. The molecule has 0 fully saturated rings. The molecule has 3 aromatic rings. The topological polar surface area (TPSA) is 36.1 Å². The van der Waals surface area contributed by atoms with Gasteiger partial charge in [0.15, 0.2) is 5.78 Å². The van der Waals surface area contributed by atoms with E-state index < -0.39 is 0 Å². The molecule has 0 amide bonds. The van der Waals surface area contributed by atoms with E-state index in [1.165, 1.54) is 0 Å². The number of nitrogens with one attached hydrogen (secondary N) is 1. The first kappa shape index (κ1) is 13.4. The number of anilines is 1. The molecule has 0 unspecified atom stereocenters. The lowest BCUT2D eigenvalue weighted by atomic mass is 10.0. The number of aryl methyl sites for hydroxylation is 1. The monoisotopic (exact) mass is 278 g/mol. The van der Waals surface area contributed by atoms with Crippen LogP contribution in [-0.2, 0) is 0 Å². The van der Waals surface area contributed by atoms with E-state index in [2.05, 4.69) is 4.98 Å². The number of ketones is 1. The molecule has 3 rings (SSSR count). The van der Waals surface area contributed by atoms with E-state index in [4.69, 9.17) is 0 Å². The molecular weight excluding hydrogens is 260 g/mol. The number of nitrogens with zero attached hydrogens (tertiary/aromatic N) is 1. The maximum Gasteiger partial charge on any atom is 0.195 e. The van der Waals surface area contributed by atoms with Crippen molar-refractivity contribution in [1.29, 1.82) is 0 Å². The SMILES string of the molecule is Cc1ccc2[nH]cc(C(=O)c3ccc(N(C)C)cc3)c2c1. The van der Waals surface area contributed by atoms with Gasteiger partial charge in [0.25, 0.3) is 0 Å². The van der Waals surface area contributed by atoms with Crippen LogP contribution < -0.4 is 4.90 Å². The minimum Gasteiger partial charge on any atom is -0.378 e. The quantitative estimate of drug-likeness (QED) is 0.740. The van der Waals surface area contributed by atoms with Crippen molar-refractivity contribution in [2.45, 2.75) is 6.92 Å². The molecule has 0 spiro atoms. The smallest absolute Gasteiger partial charge is 0.195 e. The van der Waals surface area contributed by atoms with Gasteiger partial charge in [-0.25, -0.2) is 0 Å². The lowest BCUT2D eigenvalue weighted by Crippen LogP contribution is -2.09. The van der Waals surface area contributed by atoms with Gasteiger partial charge in [0.1, 0.15) is 0 Å². The molecule has 0 aliphatic heterocycles. The highest BCUT2D eigenvalue weighted by Gasteiger charge is 2.14. The molecule has 0 saturated carbocycles. The Morgan fingerprint density at radius 2 is 1.76 bits per heavy atom. The van der Waals surface area contributed by atoms with Gasteiger partial charge < -0.3 is 9.88 Å². The number of hydrogen-bond donors (Lipinski definition) is 1. The second-order valence-corrected chi connectivity index (χ2v) is 5.52. The van der Waals surface area contributed by atoms with E-state index in [1.54, 1.807) is 6.20 Å². The van der Waals surface area contributed by atoms with E-state index in [9.17, 15) is 4.79 Å². The van der Waals surface area contributed by atoms with Crippen LogP contribution in [0.3, 0.4) is 0 Å². The summed E-state index contributed by atoms with van der Waals surface area (Å²) in [5.74, 6) is 0.0529. The Kier molecular flexibility index (Phi) is 3.26. The van der Waals surface area contributed by atoms with Gasteiger partial charge in [-0.2, -0.15) is 0 Å². The maximum atomic E-state index is 12.7. The van der Waals surface area contributed by atoms with Gasteiger partial charge in [-0.15, -0.1) is 0 Å². The number of carbonyl (C=O) groups excluding carboxylic acids is 1. The van der Waals surface area contributed by atoms with Crippen molar-refractivity contribution < 1.29 is 4.79 Å². The summed E-state index contributed by atoms with van der Waals surface area (Å²) in [6.45, 7) is 2.03. The third-order valence-electron chi connectivity index (χ3n) is 3.73. The second-order valence-electron chi connectivity index (χ2n) is 5.52. The van der Waals surface area contributed by atoms with Gasteiger partial charge >= 0.3 is 0 Å². The number of carbonyl (C=O) groups is 1. The molecule has 3 nitrogen and oxygen atoms in total. The molecular formula is C18H18N2O. The lowest BCUT2D eigenvalue weighted by molar-refractivity contribution is 0.104. The molecule has 0 radical (unpaired) electrons. The van der Waals surface area contributed by atoms with Crippen molar-refractivity contribution in [3.8, 4) is 0 Å². The number of aromatic amines is 1. The summed E-state index contributed by atoms with van der Waals surface area (Å²) in [5.41, 5.74) is 4.67. The van der Waals surface area contributed by atoms with Crippen LogP contribution >= 0.6 is 0 Å². The zero-order valence-corrected chi connectivity index (χ0v) is 12.5.